The molecular formula is C24H25N3O6S. The maximum Gasteiger partial charge on any atom is 0.274 e. The van der Waals surface area contributed by atoms with Gasteiger partial charge in [0.1, 0.15) is 11.5 Å². The summed E-state index contributed by atoms with van der Waals surface area (Å²) < 4.78 is 44.1. The Morgan fingerprint density at radius 3 is 2.59 bits per heavy atom. The van der Waals surface area contributed by atoms with E-state index in [4.69, 9.17) is 14.2 Å². The number of hydrogen-bond acceptors (Lipinski definition) is 7. The van der Waals surface area contributed by atoms with Gasteiger partial charge in [-0.15, -0.1) is 0 Å². The molecule has 0 N–H and O–H groups in total. The number of nitrogens with zero attached hydrogens (tertiary/aromatic N) is 3. The first kappa shape index (κ1) is 22.4. The van der Waals surface area contributed by atoms with Crippen LogP contribution in [0.5, 0.6) is 11.5 Å². The third-order valence-electron chi connectivity index (χ3n) is 6.18. The van der Waals surface area contributed by atoms with E-state index in [1.165, 1.54) is 0 Å². The highest BCUT2D eigenvalue weighted by Crippen LogP contribution is 2.40. The van der Waals surface area contributed by atoms with Gasteiger partial charge >= 0.3 is 0 Å². The predicted octanol–water partition coefficient (Wildman–Crippen LogP) is 2.38. The number of sulfone groups is 1. The van der Waals surface area contributed by atoms with Crippen LogP contribution in [0.15, 0.2) is 47.4 Å². The van der Waals surface area contributed by atoms with Crippen molar-refractivity contribution in [2.24, 2.45) is 0 Å². The molecule has 1 fully saturated rings. The molecule has 9 nitrogen and oxygen atoms in total. The number of morpholine rings is 1. The number of rotatable bonds is 5. The Kier molecular flexibility index (Phi) is 5.78. The molecule has 1 saturated heterocycles. The first-order chi connectivity index (χ1) is 16.4. The van der Waals surface area contributed by atoms with Crippen molar-refractivity contribution in [1.29, 1.82) is 0 Å². The zero-order valence-corrected chi connectivity index (χ0v) is 19.8. The number of aromatic nitrogens is 2. The van der Waals surface area contributed by atoms with Crippen molar-refractivity contribution in [2.45, 2.75) is 17.2 Å². The van der Waals surface area contributed by atoms with Gasteiger partial charge in [0.2, 0.25) is 0 Å². The standard InChI is InChI=1S/C24H25N3O6S/c1-31-17-8-7-16(20(13-17)32-2)14-27-23-18-5-3-4-6-21(18)34(29,30)15-19(23)22(25-27)24(28)26-9-11-33-12-10-26/h3-8,13H,9-12,14-15H2,1-2H3. The second-order valence-corrected chi connectivity index (χ2v) is 10.1. The quantitative estimate of drug-likeness (QED) is 0.549. The van der Waals surface area contributed by atoms with E-state index in [1.807, 2.05) is 12.1 Å². The molecule has 0 aliphatic carbocycles. The van der Waals surface area contributed by atoms with Gasteiger partial charge in [-0.2, -0.15) is 5.10 Å². The molecule has 2 aliphatic heterocycles. The Morgan fingerprint density at radius 2 is 1.85 bits per heavy atom. The van der Waals surface area contributed by atoms with Gasteiger partial charge in [-0.3, -0.25) is 9.48 Å². The van der Waals surface area contributed by atoms with Gasteiger partial charge in [-0.25, -0.2) is 8.42 Å². The van der Waals surface area contributed by atoms with E-state index < -0.39 is 9.84 Å². The van der Waals surface area contributed by atoms with Gasteiger partial charge in [-0.1, -0.05) is 18.2 Å². The number of ether oxygens (including phenoxy) is 3. The number of fused-ring (bicyclic) bond motifs is 3. The fraction of sp³-hybridized carbons (Fsp3) is 0.333. The molecular weight excluding hydrogens is 458 g/mol. The average molecular weight is 484 g/mol. The summed E-state index contributed by atoms with van der Waals surface area (Å²) in [6.07, 6.45) is 0. The van der Waals surface area contributed by atoms with Crippen LogP contribution in [-0.4, -0.2) is 69.5 Å². The smallest absolute Gasteiger partial charge is 0.274 e. The van der Waals surface area contributed by atoms with Gasteiger partial charge in [0.25, 0.3) is 5.91 Å². The fourth-order valence-corrected chi connectivity index (χ4v) is 6.08. The lowest BCUT2D eigenvalue weighted by Gasteiger charge is -2.26. The van der Waals surface area contributed by atoms with Crippen molar-refractivity contribution in [2.75, 3.05) is 40.5 Å². The van der Waals surface area contributed by atoms with Crippen LogP contribution in [0.2, 0.25) is 0 Å². The summed E-state index contributed by atoms with van der Waals surface area (Å²) in [5, 5.41) is 4.68. The maximum atomic E-state index is 13.4. The molecule has 0 saturated carbocycles. The average Bonchev–Trinajstić information content (AvgIpc) is 3.21. The molecule has 10 heteroatoms. The Balaban J connectivity index is 1.66. The van der Waals surface area contributed by atoms with Crippen LogP contribution in [0.3, 0.4) is 0 Å². The monoisotopic (exact) mass is 483 g/mol. The largest absolute Gasteiger partial charge is 0.497 e. The van der Waals surface area contributed by atoms with Crippen molar-refractivity contribution in [3.63, 3.8) is 0 Å². The van der Waals surface area contributed by atoms with Crippen LogP contribution in [0, 0.1) is 0 Å². The molecule has 0 unspecified atom stereocenters. The van der Waals surface area contributed by atoms with E-state index >= 15 is 0 Å². The number of methoxy groups -OCH3 is 2. The number of carbonyl (C=O) groups excluding carboxylic acids is 1. The molecule has 2 aliphatic rings. The van der Waals surface area contributed by atoms with Crippen molar-refractivity contribution >= 4 is 15.7 Å². The summed E-state index contributed by atoms with van der Waals surface area (Å²) in [7, 11) is -0.456. The van der Waals surface area contributed by atoms with E-state index in [0.717, 1.165) is 5.56 Å². The van der Waals surface area contributed by atoms with Gasteiger partial charge in [-0.05, 0) is 18.2 Å². The Morgan fingerprint density at radius 1 is 1.09 bits per heavy atom. The Labute approximate surface area is 197 Å². The topological polar surface area (TPSA) is 100.0 Å². The molecule has 3 aromatic rings. The number of amides is 1. The minimum Gasteiger partial charge on any atom is -0.497 e. The molecule has 3 heterocycles. The minimum atomic E-state index is -3.61. The molecule has 34 heavy (non-hydrogen) atoms. The van der Waals surface area contributed by atoms with Crippen LogP contribution in [0.4, 0.5) is 0 Å². The predicted molar refractivity (Wildman–Crippen MR) is 124 cm³/mol. The first-order valence-electron chi connectivity index (χ1n) is 10.9. The lowest BCUT2D eigenvalue weighted by atomic mass is 10.0. The van der Waals surface area contributed by atoms with Crippen molar-refractivity contribution in [3.8, 4) is 22.8 Å². The zero-order valence-electron chi connectivity index (χ0n) is 19.0. The second-order valence-electron chi connectivity index (χ2n) is 8.17. The van der Waals surface area contributed by atoms with E-state index in [1.54, 1.807) is 54.1 Å². The Hall–Kier alpha value is -3.37. The zero-order chi connectivity index (χ0) is 23.9. The molecule has 0 spiro atoms. The molecule has 0 radical (unpaired) electrons. The summed E-state index contributed by atoms with van der Waals surface area (Å²) in [5.74, 6) is 0.712. The van der Waals surface area contributed by atoms with Crippen molar-refractivity contribution in [3.05, 3.63) is 59.3 Å². The SMILES string of the molecule is COc1ccc(Cn2nc(C(=O)N3CCOCC3)c3c2-c2ccccc2S(=O)(=O)C3)c(OC)c1. The van der Waals surface area contributed by atoms with Gasteiger partial charge in [0, 0.05) is 35.8 Å². The van der Waals surface area contributed by atoms with Gasteiger partial charge < -0.3 is 19.1 Å². The number of benzene rings is 2. The van der Waals surface area contributed by atoms with Crippen LogP contribution in [-0.2, 0) is 26.9 Å². The van der Waals surface area contributed by atoms with Crippen LogP contribution in [0.25, 0.3) is 11.3 Å². The number of hydrogen-bond donors (Lipinski definition) is 0. The van der Waals surface area contributed by atoms with Crippen molar-refractivity contribution < 1.29 is 27.4 Å². The van der Waals surface area contributed by atoms with Crippen LogP contribution < -0.4 is 9.47 Å². The summed E-state index contributed by atoms with van der Waals surface area (Å²) in [6.45, 7) is 2.06. The van der Waals surface area contributed by atoms with Gasteiger partial charge in [0.05, 0.1) is 50.3 Å². The van der Waals surface area contributed by atoms with E-state index in [-0.39, 0.29) is 22.2 Å². The lowest BCUT2D eigenvalue weighted by molar-refractivity contribution is 0.0298. The van der Waals surface area contributed by atoms with E-state index in [2.05, 4.69) is 5.10 Å². The summed E-state index contributed by atoms with van der Waals surface area (Å²) in [6, 6.07) is 12.3. The molecule has 1 amide bonds. The molecule has 0 bridgehead atoms. The molecule has 5 rings (SSSR count). The highest BCUT2D eigenvalue weighted by molar-refractivity contribution is 7.90. The third-order valence-corrected chi connectivity index (χ3v) is 7.87. The lowest BCUT2D eigenvalue weighted by Crippen LogP contribution is -2.41. The maximum absolute atomic E-state index is 13.4. The second kappa shape index (κ2) is 8.77. The summed E-state index contributed by atoms with van der Waals surface area (Å²) in [4.78, 5) is 15.3. The molecule has 2 aromatic carbocycles. The summed E-state index contributed by atoms with van der Waals surface area (Å²) >= 11 is 0. The third kappa shape index (κ3) is 3.82. The minimum absolute atomic E-state index is 0.169. The van der Waals surface area contributed by atoms with E-state index in [9.17, 15) is 13.2 Å². The first-order valence-corrected chi connectivity index (χ1v) is 12.6. The summed E-state index contributed by atoms with van der Waals surface area (Å²) in [5.41, 5.74) is 2.61. The fourth-order valence-electron chi connectivity index (χ4n) is 4.48. The van der Waals surface area contributed by atoms with Crippen LogP contribution in [0.1, 0.15) is 21.6 Å². The highest BCUT2D eigenvalue weighted by atomic mass is 32.2. The molecule has 178 valence electrons. The Bertz CT molecular complexity index is 1360. The van der Waals surface area contributed by atoms with Crippen LogP contribution >= 0.6 is 0 Å². The van der Waals surface area contributed by atoms with E-state index in [0.29, 0.717) is 61.2 Å². The number of carbonyl (C=O) groups is 1. The highest BCUT2D eigenvalue weighted by Gasteiger charge is 2.37. The molecule has 1 aromatic heterocycles. The normalized spacial score (nSPS) is 16.5. The van der Waals surface area contributed by atoms with Gasteiger partial charge in [0.15, 0.2) is 15.5 Å². The van der Waals surface area contributed by atoms with Crippen molar-refractivity contribution in [1.82, 2.24) is 14.7 Å². The molecule has 0 atom stereocenters.